The topological polar surface area (TPSA) is 123 Å². The van der Waals surface area contributed by atoms with Crippen molar-refractivity contribution in [2.45, 2.75) is 32.0 Å². The summed E-state index contributed by atoms with van der Waals surface area (Å²) in [5.74, 6) is 0.270. The number of hydrogen-bond donors (Lipinski definition) is 2. The second kappa shape index (κ2) is 8.47. The number of rotatable bonds is 8. The molecular weight excluding hydrogens is 346 g/mol. The third-order valence-corrected chi connectivity index (χ3v) is 4.10. The van der Waals surface area contributed by atoms with E-state index in [-0.39, 0.29) is 35.7 Å². The first-order valence-electron chi connectivity index (χ1n) is 7.61. The molecule has 1 amide bonds. The summed E-state index contributed by atoms with van der Waals surface area (Å²) < 4.78 is 6.51. The van der Waals surface area contributed by atoms with Crippen LogP contribution in [0.5, 0.6) is 0 Å². The van der Waals surface area contributed by atoms with Gasteiger partial charge in [-0.1, -0.05) is 17.8 Å². The van der Waals surface area contributed by atoms with Gasteiger partial charge in [-0.15, -0.1) is 16.8 Å². The van der Waals surface area contributed by atoms with Crippen LogP contribution in [0.4, 0.5) is 0 Å². The highest BCUT2D eigenvalue weighted by Crippen LogP contribution is 2.17. The van der Waals surface area contributed by atoms with Gasteiger partial charge in [0.1, 0.15) is 0 Å². The Bertz CT molecular complexity index is 883. The van der Waals surface area contributed by atoms with Crippen LogP contribution < -0.4 is 16.6 Å². The van der Waals surface area contributed by atoms with E-state index >= 15 is 0 Å². The first-order valence-corrected chi connectivity index (χ1v) is 8.60. The number of aromatic nitrogens is 4. The van der Waals surface area contributed by atoms with Crippen LogP contribution >= 0.6 is 11.8 Å². The van der Waals surface area contributed by atoms with Gasteiger partial charge in [0.25, 0.3) is 10.8 Å². The molecule has 2 rings (SSSR count). The molecule has 2 aromatic rings. The zero-order valence-electron chi connectivity index (χ0n) is 14.0. The molecule has 25 heavy (non-hydrogen) atoms. The average Bonchev–Trinajstić information content (AvgIpc) is 3.01. The predicted octanol–water partition coefficient (Wildman–Crippen LogP) is 0.233. The van der Waals surface area contributed by atoms with Crippen molar-refractivity contribution >= 4 is 17.7 Å². The molecule has 2 aromatic heterocycles. The number of nitrogens with zero attached hydrogens (tertiary/aromatic N) is 3. The molecule has 2 N–H and O–H groups in total. The number of thioether (sulfide) groups is 1. The average molecular weight is 365 g/mol. The maximum Gasteiger partial charge on any atom is 0.328 e. The summed E-state index contributed by atoms with van der Waals surface area (Å²) in [7, 11) is 0. The first kappa shape index (κ1) is 18.7. The Balaban J connectivity index is 2.17. The van der Waals surface area contributed by atoms with E-state index in [4.69, 9.17) is 4.42 Å². The van der Waals surface area contributed by atoms with Crippen molar-refractivity contribution in [2.75, 3.05) is 12.3 Å². The van der Waals surface area contributed by atoms with Crippen LogP contribution in [0.1, 0.15) is 24.1 Å². The summed E-state index contributed by atoms with van der Waals surface area (Å²) in [5, 5.41) is 10.6. The van der Waals surface area contributed by atoms with Crippen molar-refractivity contribution in [3.63, 3.8) is 0 Å². The molecule has 0 bridgehead atoms. The second-order valence-electron chi connectivity index (χ2n) is 5.12. The number of carbonyl (C=O) groups is 1. The van der Waals surface area contributed by atoms with Crippen molar-refractivity contribution in [3.05, 3.63) is 50.6 Å². The number of hydrogen-bond acceptors (Lipinski definition) is 7. The lowest BCUT2D eigenvalue weighted by molar-refractivity contribution is -0.118. The minimum absolute atomic E-state index is 0.0906. The number of aromatic amines is 1. The largest absolute Gasteiger partial charge is 0.416 e. The van der Waals surface area contributed by atoms with Crippen molar-refractivity contribution in [2.24, 2.45) is 0 Å². The molecule has 0 aliphatic rings. The molecule has 0 aromatic carbocycles. The van der Waals surface area contributed by atoms with Gasteiger partial charge in [-0.05, 0) is 13.8 Å². The summed E-state index contributed by atoms with van der Waals surface area (Å²) in [4.78, 5) is 38.3. The van der Waals surface area contributed by atoms with E-state index in [9.17, 15) is 14.4 Å². The van der Waals surface area contributed by atoms with Gasteiger partial charge in [0.05, 0.1) is 12.2 Å². The molecular formula is C15H19N5O4S. The third kappa shape index (κ3) is 4.69. The van der Waals surface area contributed by atoms with E-state index in [1.54, 1.807) is 6.92 Å². The van der Waals surface area contributed by atoms with E-state index in [2.05, 4.69) is 27.1 Å². The van der Waals surface area contributed by atoms with Gasteiger partial charge in [0, 0.05) is 24.3 Å². The highest BCUT2D eigenvalue weighted by Gasteiger charge is 2.15. The van der Waals surface area contributed by atoms with Crippen molar-refractivity contribution < 1.29 is 9.21 Å². The SMILES string of the molecule is C=CCn1c(=O)[nH]c(C)c(Cc2nnc(SCC(=O)NCC)o2)c1=O. The summed E-state index contributed by atoms with van der Waals surface area (Å²) in [6, 6.07) is 0. The predicted molar refractivity (Wildman–Crippen MR) is 92.8 cm³/mol. The highest BCUT2D eigenvalue weighted by atomic mass is 32.2. The van der Waals surface area contributed by atoms with Gasteiger partial charge in [0.2, 0.25) is 11.8 Å². The van der Waals surface area contributed by atoms with Crippen LogP contribution in [0.25, 0.3) is 0 Å². The molecule has 0 fully saturated rings. The van der Waals surface area contributed by atoms with E-state index < -0.39 is 11.2 Å². The molecule has 9 nitrogen and oxygen atoms in total. The van der Waals surface area contributed by atoms with E-state index in [1.165, 1.54) is 6.08 Å². The molecule has 10 heteroatoms. The molecule has 2 heterocycles. The summed E-state index contributed by atoms with van der Waals surface area (Å²) in [5.41, 5.74) is -0.0962. The minimum atomic E-state index is -0.491. The van der Waals surface area contributed by atoms with Crippen molar-refractivity contribution in [1.82, 2.24) is 25.1 Å². The molecule has 0 atom stereocenters. The number of H-pyrrole nitrogens is 1. The summed E-state index contributed by atoms with van der Waals surface area (Å²) in [6.45, 7) is 7.67. The van der Waals surface area contributed by atoms with Crippen molar-refractivity contribution in [3.8, 4) is 0 Å². The smallest absolute Gasteiger partial charge is 0.328 e. The van der Waals surface area contributed by atoms with Crippen LogP contribution in [-0.2, 0) is 17.8 Å². The van der Waals surface area contributed by atoms with Crippen LogP contribution in [0.15, 0.2) is 31.9 Å². The summed E-state index contributed by atoms with van der Waals surface area (Å²) >= 11 is 1.12. The normalized spacial score (nSPS) is 10.6. The molecule has 0 saturated heterocycles. The Kier molecular flexibility index (Phi) is 6.34. The number of nitrogens with one attached hydrogen (secondary N) is 2. The summed E-state index contributed by atoms with van der Waals surface area (Å²) in [6.07, 6.45) is 1.56. The van der Waals surface area contributed by atoms with Gasteiger partial charge in [-0.3, -0.25) is 14.2 Å². The van der Waals surface area contributed by atoms with Gasteiger partial charge in [-0.25, -0.2) is 4.79 Å². The number of carbonyl (C=O) groups excluding carboxylic acids is 1. The van der Waals surface area contributed by atoms with Gasteiger partial charge < -0.3 is 14.7 Å². The maximum atomic E-state index is 12.4. The molecule has 134 valence electrons. The van der Waals surface area contributed by atoms with Crippen LogP contribution in [-0.4, -0.2) is 38.0 Å². The molecule has 0 saturated carbocycles. The minimum Gasteiger partial charge on any atom is -0.416 e. The lowest BCUT2D eigenvalue weighted by Crippen LogP contribution is -2.37. The lowest BCUT2D eigenvalue weighted by atomic mass is 10.1. The number of amides is 1. The quantitative estimate of drug-likeness (QED) is 0.507. The van der Waals surface area contributed by atoms with E-state index in [0.29, 0.717) is 17.8 Å². The second-order valence-corrected chi connectivity index (χ2v) is 6.05. The monoisotopic (exact) mass is 365 g/mol. The maximum absolute atomic E-state index is 12.4. The highest BCUT2D eigenvalue weighted by molar-refractivity contribution is 7.99. The third-order valence-electron chi connectivity index (χ3n) is 3.28. The van der Waals surface area contributed by atoms with Crippen LogP contribution in [0.3, 0.4) is 0 Å². The fourth-order valence-corrected chi connectivity index (χ4v) is 2.73. The van der Waals surface area contributed by atoms with E-state index in [1.807, 2.05) is 6.92 Å². The zero-order chi connectivity index (χ0) is 18.4. The molecule has 0 spiro atoms. The lowest BCUT2D eigenvalue weighted by Gasteiger charge is -2.06. The fourth-order valence-electron chi connectivity index (χ4n) is 2.12. The number of aryl methyl sites for hydroxylation is 1. The van der Waals surface area contributed by atoms with Gasteiger partial charge in [0.15, 0.2) is 0 Å². The Morgan fingerprint density at radius 3 is 2.88 bits per heavy atom. The van der Waals surface area contributed by atoms with Crippen molar-refractivity contribution in [1.29, 1.82) is 0 Å². The molecule has 0 aliphatic heterocycles. The number of allylic oxidation sites excluding steroid dienone is 1. The molecule has 0 aliphatic carbocycles. The Labute approximate surface area is 147 Å². The molecule has 0 unspecified atom stereocenters. The van der Waals surface area contributed by atoms with Crippen LogP contribution in [0.2, 0.25) is 0 Å². The van der Waals surface area contributed by atoms with Gasteiger partial charge >= 0.3 is 5.69 Å². The van der Waals surface area contributed by atoms with E-state index in [0.717, 1.165) is 16.3 Å². The Morgan fingerprint density at radius 2 is 2.20 bits per heavy atom. The Hall–Kier alpha value is -2.62. The van der Waals surface area contributed by atoms with Gasteiger partial charge in [-0.2, -0.15) is 0 Å². The first-order chi connectivity index (χ1) is 12.0. The van der Waals surface area contributed by atoms with Crippen LogP contribution in [0, 0.1) is 6.92 Å². The fraction of sp³-hybridized carbons (Fsp3) is 0.400. The molecule has 0 radical (unpaired) electrons. The Morgan fingerprint density at radius 1 is 1.44 bits per heavy atom. The standard InChI is InChI=1S/C15H19N5O4S/c1-4-6-20-13(22)10(9(3)17-14(20)23)7-12-18-19-15(24-12)25-8-11(21)16-5-2/h4H,1,5-8H2,2-3H3,(H,16,21)(H,17,23). The zero-order valence-corrected chi connectivity index (χ0v) is 14.8.